The minimum Gasteiger partial charge on any atom is -0.331 e. The first-order chi connectivity index (χ1) is 13.4. The molecule has 1 unspecified atom stereocenters. The molecule has 1 heterocycles. The summed E-state index contributed by atoms with van der Waals surface area (Å²) in [6.45, 7) is 5.91. The summed E-state index contributed by atoms with van der Waals surface area (Å²) in [6, 6.07) is 18.6. The summed E-state index contributed by atoms with van der Waals surface area (Å²) in [7, 11) is 1.80. The van der Waals surface area contributed by atoms with Gasteiger partial charge in [0.25, 0.3) is 5.56 Å². The average molecular weight is 378 g/mol. The Hall–Kier alpha value is -3.28. The minimum absolute atomic E-state index is 0.151. The van der Waals surface area contributed by atoms with Gasteiger partial charge >= 0.3 is 6.03 Å². The highest BCUT2D eigenvalue weighted by molar-refractivity contribution is 5.90. The lowest BCUT2D eigenvalue weighted by Gasteiger charge is -2.23. The number of carbonyl (C=O) groups is 1. The van der Waals surface area contributed by atoms with E-state index >= 15 is 0 Å². The highest BCUT2D eigenvalue weighted by Gasteiger charge is 2.21. The van der Waals surface area contributed by atoms with E-state index in [0.717, 1.165) is 11.3 Å². The Kier molecular flexibility index (Phi) is 5.68. The van der Waals surface area contributed by atoms with E-state index in [0.29, 0.717) is 5.69 Å². The number of para-hydroxylation sites is 1. The third-order valence-corrected chi connectivity index (χ3v) is 4.90. The molecular formula is C22H26N4O2. The Morgan fingerprint density at radius 3 is 2.11 bits per heavy atom. The lowest BCUT2D eigenvalue weighted by molar-refractivity contribution is 0.244. The first kappa shape index (κ1) is 19.5. The second-order valence-electron chi connectivity index (χ2n) is 7.17. The van der Waals surface area contributed by atoms with Gasteiger partial charge in [-0.15, -0.1) is 0 Å². The quantitative estimate of drug-likeness (QED) is 0.704. The SMILES string of the molecule is Cc1c(NC(=O)NC(c2ccccc2)C(C)C)c(=O)n(-c2ccccc2)n1C. The maximum atomic E-state index is 12.9. The predicted octanol–water partition coefficient (Wildman–Crippen LogP) is 4.00. The molecule has 0 radical (unpaired) electrons. The number of hydrogen-bond donors (Lipinski definition) is 2. The molecule has 0 fully saturated rings. The van der Waals surface area contributed by atoms with Crippen LogP contribution in [0.3, 0.4) is 0 Å². The molecule has 3 rings (SSSR count). The third-order valence-electron chi connectivity index (χ3n) is 4.90. The van der Waals surface area contributed by atoms with Gasteiger partial charge in [-0.1, -0.05) is 62.4 Å². The molecule has 0 aliphatic rings. The van der Waals surface area contributed by atoms with Crippen molar-refractivity contribution in [1.29, 1.82) is 0 Å². The molecule has 2 aromatic carbocycles. The summed E-state index contributed by atoms with van der Waals surface area (Å²) in [5, 5.41) is 5.76. The third kappa shape index (κ3) is 3.86. The first-order valence-electron chi connectivity index (χ1n) is 9.36. The molecule has 1 aromatic heterocycles. The Morgan fingerprint density at radius 1 is 0.964 bits per heavy atom. The highest BCUT2D eigenvalue weighted by atomic mass is 16.2. The summed E-state index contributed by atoms with van der Waals surface area (Å²) in [6.07, 6.45) is 0. The van der Waals surface area contributed by atoms with Crippen molar-refractivity contribution in [1.82, 2.24) is 14.7 Å². The van der Waals surface area contributed by atoms with Gasteiger partial charge in [-0.25, -0.2) is 9.48 Å². The second kappa shape index (κ2) is 8.17. The zero-order chi connectivity index (χ0) is 20.3. The molecule has 0 saturated carbocycles. The van der Waals surface area contributed by atoms with E-state index in [1.165, 1.54) is 0 Å². The van der Waals surface area contributed by atoms with E-state index in [2.05, 4.69) is 10.6 Å². The fourth-order valence-corrected chi connectivity index (χ4v) is 3.30. The molecule has 0 bridgehead atoms. The van der Waals surface area contributed by atoms with Crippen molar-refractivity contribution in [2.75, 3.05) is 5.32 Å². The highest BCUT2D eigenvalue weighted by Crippen LogP contribution is 2.21. The Labute approximate surface area is 164 Å². The smallest absolute Gasteiger partial charge is 0.319 e. The first-order valence-corrected chi connectivity index (χ1v) is 9.36. The zero-order valence-electron chi connectivity index (χ0n) is 16.6. The Morgan fingerprint density at radius 2 is 1.54 bits per heavy atom. The molecule has 28 heavy (non-hydrogen) atoms. The maximum Gasteiger partial charge on any atom is 0.319 e. The molecule has 0 aliphatic heterocycles. The van der Waals surface area contributed by atoms with Gasteiger partial charge < -0.3 is 10.6 Å². The van der Waals surface area contributed by atoms with Gasteiger partial charge in [-0.3, -0.25) is 9.48 Å². The van der Waals surface area contributed by atoms with Crippen LogP contribution < -0.4 is 16.2 Å². The predicted molar refractivity (Wildman–Crippen MR) is 112 cm³/mol. The van der Waals surface area contributed by atoms with E-state index in [9.17, 15) is 9.59 Å². The van der Waals surface area contributed by atoms with Gasteiger partial charge in [-0.2, -0.15) is 0 Å². The number of carbonyl (C=O) groups excluding carboxylic acids is 1. The number of nitrogens with zero attached hydrogens (tertiary/aromatic N) is 2. The molecule has 6 heteroatoms. The number of aromatic nitrogens is 2. The van der Waals surface area contributed by atoms with E-state index in [1.807, 2.05) is 81.4 Å². The van der Waals surface area contributed by atoms with Crippen LogP contribution in [0.5, 0.6) is 0 Å². The fraction of sp³-hybridized carbons (Fsp3) is 0.273. The number of benzene rings is 2. The summed E-state index contributed by atoms with van der Waals surface area (Å²) < 4.78 is 3.28. The molecule has 2 N–H and O–H groups in total. The number of hydrogen-bond acceptors (Lipinski definition) is 2. The van der Waals surface area contributed by atoms with Crippen molar-refractivity contribution >= 4 is 11.7 Å². The van der Waals surface area contributed by atoms with Crippen LogP contribution in [0.25, 0.3) is 5.69 Å². The summed E-state index contributed by atoms with van der Waals surface area (Å²) in [5.41, 5.74) is 2.47. The molecule has 1 atom stereocenters. The summed E-state index contributed by atoms with van der Waals surface area (Å²) in [4.78, 5) is 25.6. The second-order valence-corrected chi connectivity index (χ2v) is 7.17. The van der Waals surface area contributed by atoms with Crippen molar-refractivity contribution < 1.29 is 4.79 Å². The Bertz CT molecular complexity index is 1000. The van der Waals surface area contributed by atoms with E-state index in [1.54, 1.807) is 16.4 Å². The van der Waals surface area contributed by atoms with E-state index in [4.69, 9.17) is 0 Å². The maximum absolute atomic E-state index is 12.9. The van der Waals surface area contributed by atoms with E-state index < -0.39 is 6.03 Å². The molecular weight excluding hydrogens is 352 g/mol. The molecule has 146 valence electrons. The van der Waals surface area contributed by atoms with Crippen LogP contribution in [0.2, 0.25) is 0 Å². The van der Waals surface area contributed by atoms with Gasteiger partial charge in [0, 0.05) is 7.05 Å². The van der Waals surface area contributed by atoms with Crippen LogP contribution in [-0.2, 0) is 7.05 Å². The number of rotatable bonds is 5. The largest absolute Gasteiger partial charge is 0.331 e. The molecule has 6 nitrogen and oxygen atoms in total. The van der Waals surface area contributed by atoms with E-state index in [-0.39, 0.29) is 23.2 Å². The molecule has 0 saturated heterocycles. The topological polar surface area (TPSA) is 68.1 Å². The number of nitrogens with one attached hydrogen (secondary N) is 2. The lowest BCUT2D eigenvalue weighted by Crippen LogP contribution is -2.36. The standard InChI is InChI=1S/C22H26N4O2/c1-15(2)19(17-11-7-5-8-12-17)23-22(28)24-20-16(3)25(4)26(21(20)27)18-13-9-6-10-14-18/h5-15,19H,1-4H3,(H2,23,24,28). The molecule has 2 amide bonds. The monoisotopic (exact) mass is 378 g/mol. The average Bonchev–Trinajstić information content (AvgIpc) is 2.90. The van der Waals surface area contributed by atoms with Crippen LogP contribution in [0.15, 0.2) is 65.5 Å². The molecule has 3 aromatic rings. The zero-order valence-corrected chi connectivity index (χ0v) is 16.6. The van der Waals surface area contributed by atoms with Gasteiger partial charge in [0.15, 0.2) is 0 Å². The fourth-order valence-electron chi connectivity index (χ4n) is 3.30. The van der Waals surface area contributed by atoms with Crippen molar-refractivity contribution in [3.05, 3.63) is 82.3 Å². The van der Waals surface area contributed by atoms with Crippen molar-refractivity contribution in [3.63, 3.8) is 0 Å². The summed E-state index contributed by atoms with van der Waals surface area (Å²) in [5.74, 6) is 0.200. The van der Waals surface area contributed by atoms with Gasteiger partial charge in [0.1, 0.15) is 5.69 Å². The van der Waals surface area contributed by atoms with Crippen LogP contribution in [0.1, 0.15) is 31.1 Å². The van der Waals surface area contributed by atoms with Crippen LogP contribution in [-0.4, -0.2) is 15.4 Å². The van der Waals surface area contributed by atoms with Crippen LogP contribution in [0.4, 0.5) is 10.5 Å². The summed E-state index contributed by atoms with van der Waals surface area (Å²) >= 11 is 0. The Balaban J connectivity index is 1.86. The van der Waals surface area contributed by atoms with Gasteiger partial charge in [0.2, 0.25) is 0 Å². The van der Waals surface area contributed by atoms with Crippen molar-refractivity contribution in [2.24, 2.45) is 13.0 Å². The van der Waals surface area contributed by atoms with Crippen molar-refractivity contribution in [3.8, 4) is 5.69 Å². The van der Waals surface area contributed by atoms with Crippen LogP contribution in [0, 0.1) is 12.8 Å². The lowest BCUT2D eigenvalue weighted by atomic mass is 9.96. The van der Waals surface area contributed by atoms with Crippen LogP contribution >= 0.6 is 0 Å². The van der Waals surface area contributed by atoms with Crippen molar-refractivity contribution in [2.45, 2.75) is 26.8 Å². The minimum atomic E-state index is -0.395. The van der Waals surface area contributed by atoms with Gasteiger partial charge in [0.05, 0.1) is 17.4 Å². The van der Waals surface area contributed by atoms with Gasteiger partial charge in [-0.05, 0) is 30.5 Å². The number of amides is 2. The molecule has 0 spiro atoms. The number of anilines is 1. The molecule has 0 aliphatic carbocycles. The number of urea groups is 1. The normalized spacial score (nSPS) is 12.0.